The molecule has 0 spiro atoms. The van der Waals surface area contributed by atoms with E-state index in [2.05, 4.69) is 163 Å². The summed E-state index contributed by atoms with van der Waals surface area (Å²) < 4.78 is 46.5. The van der Waals surface area contributed by atoms with Gasteiger partial charge < -0.3 is 86.2 Å². The maximum absolute atomic E-state index is 8.72. The van der Waals surface area contributed by atoms with Crippen molar-refractivity contribution in [2.45, 2.75) is 159 Å². The number of hydrogen-bond donors (Lipinski definition) is 0. The van der Waals surface area contributed by atoms with Crippen LogP contribution in [0, 0.1) is 0 Å². The quantitative estimate of drug-likeness (QED) is 0.0104. The van der Waals surface area contributed by atoms with Gasteiger partial charge in [0.1, 0.15) is 74.7 Å². The first-order valence-corrected chi connectivity index (χ1v) is 31.8. The summed E-state index contributed by atoms with van der Waals surface area (Å²) in [4.78, 5) is 87.1. The van der Waals surface area contributed by atoms with Crippen LogP contribution in [0.25, 0.3) is 83.5 Å². The molecule has 0 heterocycles. The third-order valence-electron chi connectivity index (χ3n) is 11.8. The predicted molar refractivity (Wildman–Crippen MR) is 510 cm³/mol. The van der Waals surface area contributed by atoms with Crippen LogP contribution < -0.4 is 0 Å². The second-order valence-corrected chi connectivity index (χ2v) is 17.9. The van der Waals surface area contributed by atoms with Gasteiger partial charge in [0.25, 0.3) is 0 Å². The van der Waals surface area contributed by atoms with Crippen LogP contribution in [0.5, 0.6) is 0 Å². The molecular weight excluding hydrogens is 1580 g/mol. The van der Waals surface area contributed by atoms with Crippen LogP contribution in [0.15, 0.2) is 94.2 Å². The van der Waals surface area contributed by atoms with Gasteiger partial charge >= 0.3 is 0 Å². The average molecular weight is 1760 g/mol. The summed E-state index contributed by atoms with van der Waals surface area (Å²) >= 11 is 0. The number of carbonyl (C=O) groups is 4. The molecule has 0 aliphatic carbocycles. The average Bonchev–Trinajstić information content (AvgIpc) is 0.905. The van der Waals surface area contributed by atoms with Crippen molar-refractivity contribution in [3.05, 3.63) is 136 Å². The Hall–Kier alpha value is -9.24. The number of rotatable bonds is 70. The fraction of sp³-hybridized carbons (Fsp3) is 0.840. The third kappa shape index (κ3) is 174. The SMILES string of the molecule is C.C.C.C.C.C.C.C.C.C.C.C.C.C.C.C.C.C.C=C.C=C.C=C.C=C.C=O.C=O.C=O.C=O.[N-]=[N+]=NCCOCCCN(CCCOCCN=[N+]=[N-])CCN(CCN(CCCOCCN=[N+]=[N-])CCCOCCN=[N+]=[N-])CN(CCN(CCOCCON=[N+]=[N-])CCOCCON=[N+]=[N-])CCN(CCOCCON=[N+]=[N-])CCOCCON=[N+]=[N-]. The summed E-state index contributed by atoms with van der Waals surface area (Å²) in [5, 5.41) is 26.7. The molecule has 0 aromatic heterocycles. The maximum Gasteiger partial charge on any atom is 0.120 e. The zero-order valence-corrected chi connectivity index (χ0v) is 60.3. The Morgan fingerprint density at radius 2 is 0.347 bits per heavy atom. The van der Waals surface area contributed by atoms with Gasteiger partial charge in [0.15, 0.2) is 0 Å². The van der Waals surface area contributed by atoms with Crippen molar-refractivity contribution in [1.82, 2.24) is 29.4 Å². The van der Waals surface area contributed by atoms with Gasteiger partial charge in [-0.25, -0.2) is 0 Å². The predicted octanol–water partition coefficient (Wildman–Crippen LogP) is 20.6. The van der Waals surface area contributed by atoms with Crippen LogP contribution in [-0.2, 0) is 76.4 Å². The highest BCUT2D eigenvalue weighted by atomic mass is 16.7. The fourth-order valence-electron chi connectivity index (χ4n) is 7.67. The summed E-state index contributed by atoms with van der Waals surface area (Å²) in [7, 11) is 0. The van der Waals surface area contributed by atoms with E-state index in [-0.39, 0.29) is 213 Å². The van der Waals surface area contributed by atoms with Crippen molar-refractivity contribution in [3.8, 4) is 0 Å². The van der Waals surface area contributed by atoms with Crippen molar-refractivity contribution in [2.24, 2.45) is 41.6 Å². The highest BCUT2D eigenvalue weighted by molar-refractivity contribution is 5.11. The lowest BCUT2D eigenvalue weighted by atomic mass is 10.3. The van der Waals surface area contributed by atoms with E-state index in [1.54, 1.807) is 0 Å². The van der Waals surface area contributed by atoms with E-state index < -0.39 is 0 Å². The van der Waals surface area contributed by atoms with Crippen LogP contribution >= 0.6 is 0 Å². The van der Waals surface area contributed by atoms with Gasteiger partial charge in [0, 0.05) is 197 Å². The molecule has 0 saturated heterocycles. The number of hydrogen-bond acceptors (Lipinski definition) is 30. The Balaban J connectivity index is -0.0000000976. The molecule has 46 heteroatoms. The molecule has 0 radical (unpaired) electrons. The molecule has 0 aromatic carbocycles. The largest absolute Gasteiger partial charge is 0.431 e. The molecule has 0 amide bonds. The Morgan fingerprint density at radius 3 is 0.512 bits per heavy atom. The van der Waals surface area contributed by atoms with Gasteiger partial charge in [0.05, 0.1) is 86.0 Å². The van der Waals surface area contributed by atoms with Gasteiger partial charge in [-0.1, -0.05) is 154 Å². The topological polar surface area (TPSA) is 589 Å². The van der Waals surface area contributed by atoms with Crippen LogP contribution in [-0.4, -0.2) is 326 Å². The molecule has 0 aliphatic heterocycles. The molecule has 732 valence electrons. The minimum atomic E-state index is 0. The van der Waals surface area contributed by atoms with Crippen molar-refractivity contribution in [2.75, 3.05) is 270 Å². The molecule has 0 N–H and O–H groups in total. The van der Waals surface area contributed by atoms with Crippen LogP contribution in [0.3, 0.4) is 0 Å². The second-order valence-electron chi connectivity index (χ2n) is 17.9. The normalized spacial score (nSPS) is 8.05. The first-order chi connectivity index (χ1) is 51.0. The number of azide groups is 8. The Kier molecular flexibility index (Phi) is 315. The minimum Gasteiger partial charge on any atom is -0.431 e. The summed E-state index contributed by atoms with van der Waals surface area (Å²) in [5.74, 6) is 0. The van der Waals surface area contributed by atoms with E-state index in [0.29, 0.717) is 191 Å². The second kappa shape index (κ2) is 200. The lowest BCUT2D eigenvalue weighted by Crippen LogP contribution is -2.49. The lowest BCUT2D eigenvalue weighted by Gasteiger charge is -2.36. The smallest absolute Gasteiger partial charge is 0.120 e. The molecule has 46 nitrogen and oxygen atoms in total. The Labute approximate surface area is 737 Å². The molecule has 0 fully saturated rings. The maximum atomic E-state index is 8.72. The number of carbonyl (C=O) groups excluding carboxylic acids is 4. The zero-order chi connectivity index (χ0) is 79.1. The summed E-state index contributed by atoms with van der Waals surface area (Å²) in [6.45, 7) is 49.0. The monoisotopic (exact) mass is 1760 g/mol. The standard InChI is InChI=1S/C45H90N30O12.4C2H4.4CH2O.18CH4/c46-58-54-5-29-76-25-1-9-70(10-2-26-77-30-6-55-59-47)13-17-74(18-14-71(11-3-27-78-31-7-56-60-48)12-4-28-79-32-8-57-61-49)45-75(19-15-72(21-33-80-37-41-84-66-62-50)22-34-81-38-42-85-67-63-51)20-16-73(23-35-82-39-43-86-68-64-52)24-36-83-40-44-87-69-65-53;8*1-2;;;;;;;;;;;;;;;;;;/h1-45H2;4*1-2H2;4*1H2;18*1H4. The summed E-state index contributed by atoms with van der Waals surface area (Å²) in [5.41, 5.74) is 69.3. The van der Waals surface area contributed by atoms with Crippen LogP contribution in [0.1, 0.15) is 159 Å². The first-order valence-electron chi connectivity index (χ1n) is 31.8. The third-order valence-corrected chi connectivity index (χ3v) is 11.8. The van der Waals surface area contributed by atoms with Gasteiger partial charge in [-0.15, -0.1) is 52.6 Å². The van der Waals surface area contributed by atoms with Gasteiger partial charge in [-0.2, -0.15) is 0 Å². The Bertz CT molecular complexity index is 1780. The van der Waals surface area contributed by atoms with Crippen molar-refractivity contribution >= 4 is 27.2 Å². The molecule has 0 unspecified atom stereocenters. The zero-order valence-electron chi connectivity index (χ0n) is 60.3. The van der Waals surface area contributed by atoms with E-state index in [9.17, 15) is 0 Å². The van der Waals surface area contributed by atoms with Crippen LogP contribution in [0.4, 0.5) is 0 Å². The van der Waals surface area contributed by atoms with Crippen molar-refractivity contribution < 1.29 is 76.4 Å². The summed E-state index contributed by atoms with van der Waals surface area (Å²) in [6.07, 6.45) is 2.89. The number of ether oxygens (including phenoxy) is 8. The lowest BCUT2D eigenvalue weighted by molar-refractivity contribution is -0.0987. The van der Waals surface area contributed by atoms with Crippen molar-refractivity contribution in [3.63, 3.8) is 0 Å². The number of nitrogens with zero attached hydrogens (tertiary/aromatic N) is 30. The van der Waals surface area contributed by atoms with Crippen molar-refractivity contribution in [1.29, 1.82) is 0 Å². The van der Waals surface area contributed by atoms with Gasteiger partial charge in [-0.3, -0.25) is 19.6 Å². The molecule has 0 atom stereocenters. The molecule has 0 saturated carbocycles. The molecule has 121 heavy (non-hydrogen) atoms. The van der Waals surface area contributed by atoms with Crippen LogP contribution in [0.2, 0.25) is 0 Å². The Morgan fingerprint density at radius 1 is 0.190 bits per heavy atom. The molecule has 0 aromatic rings. The first kappa shape index (κ1) is 191. The van der Waals surface area contributed by atoms with E-state index in [1.165, 1.54) is 0 Å². The van der Waals surface area contributed by atoms with E-state index in [0.717, 1.165) is 25.7 Å². The fourth-order valence-corrected chi connectivity index (χ4v) is 7.67. The highest BCUT2D eigenvalue weighted by Gasteiger charge is 2.19. The molecule has 0 bridgehead atoms. The van der Waals surface area contributed by atoms with E-state index in [4.69, 9.17) is 121 Å². The summed E-state index contributed by atoms with van der Waals surface area (Å²) in [6, 6.07) is 0. The van der Waals surface area contributed by atoms with Gasteiger partial charge in [0.2, 0.25) is 0 Å². The molecule has 0 aliphatic rings. The molecular formula is C75H186N30O16. The van der Waals surface area contributed by atoms with Gasteiger partial charge in [-0.05, 0) is 69.9 Å². The molecule has 0 rings (SSSR count). The minimum absolute atomic E-state index is 0. The van der Waals surface area contributed by atoms with E-state index in [1.807, 2.05) is 27.2 Å². The van der Waals surface area contributed by atoms with E-state index >= 15 is 0 Å². The highest BCUT2D eigenvalue weighted by Crippen LogP contribution is 2.07.